The van der Waals surface area contributed by atoms with Gasteiger partial charge in [-0.05, 0) is 64.2 Å². The van der Waals surface area contributed by atoms with Gasteiger partial charge >= 0.3 is 15.6 Å². The smallest absolute Gasteiger partial charge is 0.381 e. The van der Waals surface area contributed by atoms with Gasteiger partial charge in [-0.25, -0.2) is 9.13 Å². The van der Waals surface area contributed by atoms with E-state index in [-0.39, 0.29) is 12.0 Å². The lowest BCUT2D eigenvalue weighted by atomic mass is 9.82. The van der Waals surface area contributed by atoms with Gasteiger partial charge in [-0.15, -0.1) is 0 Å². The second kappa shape index (κ2) is 13.6. The highest BCUT2D eigenvalue weighted by Crippen LogP contribution is 2.42. The van der Waals surface area contributed by atoms with Crippen LogP contribution in [0.1, 0.15) is 85.5 Å². The van der Waals surface area contributed by atoms with E-state index in [0.717, 1.165) is 44.9 Å². The highest BCUT2D eigenvalue weighted by Gasteiger charge is 2.28. The van der Waals surface area contributed by atoms with E-state index in [1.807, 2.05) is 0 Å². The van der Waals surface area contributed by atoms with Crippen molar-refractivity contribution in [1.29, 1.82) is 0 Å². The highest BCUT2D eigenvalue weighted by molar-refractivity contribution is 7.46. The Morgan fingerprint density at radius 2 is 1.10 bits per heavy atom. The second-order valence-electron chi connectivity index (χ2n) is 8.81. The lowest BCUT2D eigenvalue weighted by Gasteiger charge is -2.25. The van der Waals surface area contributed by atoms with Gasteiger partial charge in [0.25, 0.3) is 0 Å². The summed E-state index contributed by atoms with van der Waals surface area (Å²) < 4.78 is 36.3. The average molecular weight is 462 g/mol. The highest BCUT2D eigenvalue weighted by atomic mass is 31.2. The van der Waals surface area contributed by atoms with Crippen LogP contribution < -0.4 is 0 Å². The first-order chi connectivity index (χ1) is 13.1. The SMILES string of the molecule is CC(C)(CCCCOCCCCC(C)(C)OP(=O)(O)O)CCCCOP(=O)(O)O. The fourth-order valence-electron chi connectivity index (χ4n) is 3.05. The minimum Gasteiger partial charge on any atom is -0.381 e. The molecule has 0 unspecified atom stereocenters. The van der Waals surface area contributed by atoms with Gasteiger partial charge in [0, 0.05) is 13.2 Å². The van der Waals surface area contributed by atoms with Crippen molar-refractivity contribution in [1.82, 2.24) is 0 Å². The molecular formula is C18H40O9P2. The van der Waals surface area contributed by atoms with E-state index in [0.29, 0.717) is 26.1 Å². The Morgan fingerprint density at radius 3 is 1.55 bits per heavy atom. The maximum absolute atomic E-state index is 10.9. The summed E-state index contributed by atoms with van der Waals surface area (Å²) in [6.07, 6.45) is 7.69. The zero-order valence-electron chi connectivity index (χ0n) is 18.2. The minimum absolute atomic E-state index is 0.0802. The van der Waals surface area contributed by atoms with Crippen molar-refractivity contribution in [3.63, 3.8) is 0 Å². The molecule has 4 N–H and O–H groups in total. The van der Waals surface area contributed by atoms with Crippen LogP contribution in [0.4, 0.5) is 0 Å². The van der Waals surface area contributed by atoms with Gasteiger partial charge in [-0.2, -0.15) is 0 Å². The van der Waals surface area contributed by atoms with E-state index in [4.69, 9.17) is 28.8 Å². The third-order valence-electron chi connectivity index (χ3n) is 4.58. The predicted molar refractivity (Wildman–Crippen MR) is 111 cm³/mol. The Hall–Kier alpha value is 0.180. The molecule has 29 heavy (non-hydrogen) atoms. The number of hydrogen-bond acceptors (Lipinski definition) is 5. The first-order valence-electron chi connectivity index (χ1n) is 10.2. The van der Waals surface area contributed by atoms with Gasteiger partial charge in [0.2, 0.25) is 0 Å². The number of phosphoric ester groups is 2. The molecule has 0 aromatic rings. The van der Waals surface area contributed by atoms with E-state index < -0.39 is 21.2 Å². The second-order valence-corrected chi connectivity index (χ2v) is 11.2. The molecule has 0 aromatic carbocycles. The Bertz CT molecular complexity index is 525. The largest absolute Gasteiger partial charge is 0.470 e. The van der Waals surface area contributed by atoms with E-state index in [1.165, 1.54) is 0 Å². The molecule has 0 bridgehead atoms. The summed E-state index contributed by atoms with van der Waals surface area (Å²) in [6, 6.07) is 0. The molecule has 0 rings (SSSR count). The third-order valence-corrected chi connectivity index (χ3v) is 5.83. The number of ether oxygens (including phenoxy) is 1. The van der Waals surface area contributed by atoms with E-state index in [2.05, 4.69) is 18.4 Å². The number of rotatable bonds is 18. The molecule has 11 heteroatoms. The number of hydrogen-bond donors (Lipinski definition) is 4. The molecule has 0 aliphatic heterocycles. The summed E-state index contributed by atoms with van der Waals surface area (Å²) in [4.78, 5) is 35.0. The van der Waals surface area contributed by atoms with Crippen LogP contribution in [0.3, 0.4) is 0 Å². The van der Waals surface area contributed by atoms with Crippen molar-refractivity contribution in [2.75, 3.05) is 19.8 Å². The van der Waals surface area contributed by atoms with Crippen LogP contribution in [-0.4, -0.2) is 45.0 Å². The molecule has 176 valence electrons. The summed E-state index contributed by atoms with van der Waals surface area (Å²) in [7, 11) is -8.81. The monoisotopic (exact) mass is 462 g/mol. The standard InChI is InChI=1S/C18H40O9P2/c1-17(2,12-6-10-16-26-28(19,20)21)11-5-8-14-25-15-9-7-13-18(3,4)27-29(22,23)24/h5-16H2,1-4H3,(H2,19,20,21)(H2,22,23,24). The van der Waals surface area contributed by atoms with Gasteiger partial charge in [0.05, 0.1) is 12.2 Å². The van der Waals surface area contributed by atoms with E-state index >= 15 is 0 Å². The maximum atomic E-state index is 10.9. The van der Waals surface area contributed by atoms with Crippen LogP contribution in [0.25, 0.3) is 0 Å². The molecule has 0 aromatic heterocycles. The Kier molecular flexibility index (Phi) is 13.6. The number of unbranched alkanes of at least 4 members (excludes halogenated alkanes) is 3. The fourth-order valence-corrected chi connectivity index (χ4v) is 4.15. The average Bonchev–Trinajstić information content (AvgIpc) is 2.49. The van der Waals surface area contributed by atoms with Gasteiger partial charge in [0.15, 0.2) is 0 Å². The summed E-state index contributed by atoms with van der Waals surface area (Å²) >= 11 is 0. The van der Waals surface area contributed by atoms with Crippen LogP contribution in [0.2, 0.25) is 0 Å². The molecule has 0 heterocycles. The van der Waals surface area contributed by atoms with E-state index in [1.54, 1.807) is 13.8 Å². The zero-order chi connectivity index (χ0) is 22.6. The van der Waals surface area contributed by atoms with Gasteiger partial charge < -0.3 is 24.3 Å². The van der Waals surface area contributed by atoms with Crippen LogP contribution in [0.5, 0.6) is 0 Å². The van der Waals surface area contributed by atoms with Crippen molar-refractivity contribution >= 4 is 15.6 Å². The summed E-state index contributed by atoms with van der Waals surface area (Å²) in [6.45, 7) is 9.11. The topological polar surface area (TPSA) is 143 Å². The quantitative estimate of drug-likeness (QED) is 0.170. The maximum Gasteiger partial charge on any atom is 0.470 e. The molecule has 0 spiro atoms. The van der Waals surface area contributed by atoms with Crippen molar-refractivity contribution in [3.8, 4) is 0 Å². The molecular weight excluding hydrogens is 422 g/mol. The van der Waals surface area contributed by atoms with Crippen LogP contribution in [0.15, 0.2) is 0 Å². The molecule has 0 radical (unpaired) electrons. The first kappa shape index (κ1) is 29.2. The molecule has 0 aliphatic carbocycles. The normalized spacial score (nSPS) is 13.8. The summed E-state index contributed by atoms with van der Waals surface area (Å²) in [5, 5.41) is 0. The Balaban J connectivity index is 3.63. The zero-order valence-corrected chi connectivity index (χ0v) is 20.0. The molecule has 0 saturated heterocycles. The molecule has 0 saturated carbocycles. The summed E-state index contributed by atoms with van der Waals surface area (Å²) in [5.74, 6) is 0. The molecule has 0 aliphatic rings. The van der Waals surface area contributed by atoms with Crippen molar-refractivity contribution < 1.29 is 42.5 Å². The minimum atomic E-state index is -4.46. The fraction of sp³-hybridized carbons (Fsp3) is 1.00. The molecule has 9 nitrogen and oxygen atoms in total. The van der Waals surface area contributed by atoms with Crippen molar-refractivity contribution in [2.45, 2.75) is 91.1 Å². The van der Waals surface area contributed by atoms with Gasteiger partial charge in [-0.3, -0.25) is 9.05 Å². The molecule has 0 amide bonds. The molecule has 0 atom stereocenters. The Labute approximate surface area is 175 Å². The lowest BCUT2D eigenvalue weighted by Crippen LogP contribution is -2.22. The van der Waals surface area contributed by atoms with Gasteiger partial charge in [-0.1, -0.05) is 26.7 Å². The van der Waals surface area contributed by atoms with Crippen LogP contribution in [-0.2, 0) is 22.9 Å². The van der Waals surface area contributed by atoms with Crippen LogP contribution in [0, 0.1) is 5.41 Å². The predicted octanol–water partition coefficient (Wildman–Crippen LogP) is 4.54. The van der Waals surface area contributed by atoms with Crippen LogP contribution >= 0.6 is 15.6 Å². The first-order valence-corrected chi connectivity index (χ1v) is 13.2. The lowest BCUT2D eigenvalue weighted by molar-refractivity contribution is 0.0522. The van der Waals surface area contributed by atoms with Crippen molar-refractivity contribution in [3.05, 3.63) is 0 Å². The van der Waals surface area contributed by atoms with Crippen molar-refractivity contribution in [2.24, 2.45) is 5.41 Å². The third kappa shape index (κ3) is 21.2. The number of phosphoric acid groups is 2. The summed E-state index contributed by atoms with van der Waals surface area (Å²) in [5.41, 5.74) is -0.681. The van der Waals surface area contributed by atoms with E-state index in [9.17, 15) is 9.13 Å². The molecule has 0 fully saturated rings. The van der Waals surface area contributed by atoms with Gasteiger partial charge in [0.1, 0.15) is 0 Å². The Morgan fingerprint density at radius 1 is 0.655 bits per heavy atom.